The quantitative estimate of drug-likeness (QED) is 0.897. The predicted molar refractivity (Wildman–Crippen MR) is 73.2 cm³/mol. The second kappa shape index (κ2) is 5.39. The molecule has 1 aliphatic carbocycles. The number of benzene rings is 1. The zero-order valence-corrected chi connectivity index (χ0v) is 11.3. The van der Waals surface area contributed by atoms with E-state index < -0.39 is 11.6 Å². The highest BCUT2D eigenvalue weighted by atomic mass is 32.1. The molecule has 0 radical (unpaired) electrons. The van der Waals surface area contributed by atoms with Gasteiger partial charge in [0.15, 0.2) is 11.6 Å². The predicted octanol–water partition coefficient (Wildman–Crippen LogP) is 3.80. The Kier molecular flexibility index (Phi) is 3.62. The van der Waals surface area contributed by atoms with Crippen LogP contribution in [-0.4, -0.2) is 0 Å². The smallest absolute Gasteiger partial charge is 0.159 e. The highest BCUT2D eigenvalue weighted by Gasteiger charge is 2.14. The second-order valence-electron chi connectivity index (χ2n) is 4.87. The van der Waals surface area contributed by atoms with E-state index in [0.29, 0.717) is 6.54 Å². The van der Waals surface area contributed by atoms with Crippen molar-refractivity contribution in [2.45, 2.75) is 32.4 Å². The molecule has 0 amide bonds. The first-order valence-corrected chi connectivity index (χ1v) is 7.29. The minimum absolute atomic E-state index is 0.555. The Morgan fingerprint density at radius 3 is 2.74 bits per heavy atom. The highest BCUT2D eigenvalue weighted by molar-refractivity contribution is 7.12. The van der Waals surface area contributed by atoms with E-state index in [9.17, 15) is 8.78 Å². The monoisotopic (exact) mass is 279 g/mol. The van der Waals surface area contributed by atoms with Crippen LogP contribution < -0.4 is 5.32 Å². The van der Waals surface area contributed by atoms with Crippen LogP contribution in [0.3, 0.4) is 0 Å². The summed E-state index contributed by atoms with van der Waals surface area (Å²) in [5, 5.41) is 3.27. The molecule has 2 aromatic rings. The SMILES string of the molecule is Fc1ccc(CNCc2cc3c(s2)CCC3)cc1F. The van der Waals surface area contributed by atoms with Crippen molar-refractivity contribution in [2.24, 2.45) is 0 Å². The molecule has 1 nitrogen and oxygen atoms in total. The van der Waals surface area contributed by atoms with Gasteiger partial charge in [-0.25, -0.2) is 8.78 Å². The average molecular weight is 279 g/mol. The summed E-state index contributed by atoms with van der Waals surface area (Å²) >= 11 is 1.87. The topological polar surface area (TPSA) is 12.0 Å². The number of thiophene rings is 1. The molecule has 0 bridgehead atoms. The Morgan fingerprint density at radius 2 is 1.95 bits per heavy atom. The molecule has 1 aromatic carbocycles. The van der Waals surface area contributed by atoms with Crippen molar-refractivity contribution in [3.05, 3.63) is 56.8 Å². The van der Waals surface area contributed by atoms with E-state index in [4.69, 9.17) is 0 Å². The van der Waals surface area contributed by atoms with Gasteiger partial charge < -0.3 is 5.32 Å². The molecule has 3 rings (SSSR count). The Balaban J connectivity index is 1.56. The number of hydrogen-bond acceptors (Lipinski definition) is 2. The maximum Gasteiger partial charge on any atom is 0.159 e. The van der Waals surface area contributed by atoms with Crippen LogP contribution >= 0.6 is 11.3 Å². The Bertz CT molecular complexity index is 570. The largest absolute Gasteiger partial charge is 0.308 e. The number of fused-ring (bicyclic) bond motifs is 1. The van der Waals surface area contributed by atoms with E-state index >= 15 is 0 Å². The summed E-state index contributed by atoms with van der Waals surface area (Å²) in [6.45, 7) is 1.34. The van der Waals surface area contributed by atoms with Gasteiger partial charge >= 0.3 is 0 Å². The summed E-state index contributed by atoms with van der Waals surface area (Å²) in [5.41, 5.74) is 2.26. The standard InChI is InChI=1S/C15H15F2NS/c16-13-5-4-10(6-14(13)17)8-18-9-12-7-11-2-1-3-15(11)19-12/h4-7,18H,1-3,8-9H2. The summed E-state index contributed by atoms with van der Waals surface area (Å²) in [6.07, 6.45) is 3.70. The molecule has 0 saturated carbocycles. The Hall–Kier alpha value is -1.26. The third kappa shape index (κ3) is 2.85. The van der Waals surface area contributed by atoms with Gasteiger partial charge in [0.05, 0.1) is 0 Å². The van der Waals surface area contributed by atoms with Gasteiger partial charge in [0.2, 0.25) is 0 Å². The summed E-state index contributed by atoms with van der Waals surface area (Å²) in [6, 6.07) is 6.30. The van der Waals surface area contributed by atoms with Gasteiger partial charge in [0, 0.05) is 22.8 Å². The maximum absolute atomic E-state index is 13.0. The Morgan fingerprint density at radius 1 is 1.05 bits per heavy atom. The molecule has 0 saturated heterocycles. The molecule has 4 heteroatoms. The van der Waals surface area contributed by atoms with E-state index in [1.165, 1.54) is 46.7 Å². The molecular weight excluding hydrogens is 264 g/mol. The van der Waals surface area contributed by atoms with Gasteiger partial charge in [-0.05, 0) is 48.6 Å². The highest BCUT2D eigenvalue weighted by Crippen LogP contribution is 2.30. The zero-order valence-electron chi connectivity index (χ0n) is 10.5. The minimum Gasteiger partial charge on any atom is -0.308 e. The molecule has 0 unspecified atom stereocenters. The van der Waals surface area contributed by atoms with Gasteiger partial charge in [0.25, 0.3) is 0 Å². The Labute approximate surface area is 115 Å². The lowest BCUT2D eigenvalue weighted by Crippen LogP contribution is -2.12. The number of nitrogens with one attached hydrogen (secondary N) is 1. The van der Waals surface area contributed by atoms with Crippen molar-refractivity contribution in [1.82, 2.24) is 5.32 Å². The van der Waals surface area contributed by atoms with Crippen LogP contribution in [0.25, 0.3) is 0 Å². The molecule has 1 heterocycles. The van der Waals surface area contributed by atoms with Crippen molar-refractivity contribution >= 4 is 11.3 Å². The van der Waals surface area contributed by atoms with Gasteiger partial charge in [-0.3, -0.25) is 0 Å². The first-order valence-electron chi connectivity index (χ1n) is 6.47. The molecule has 1 aromatic heterocycles. The van der Waals surface area contributed by atoms with Crippen LogP contribution in [0.4, 0.5) is 8.78 Å². The fraction of sp³-hybridized carbons (Fsp3) is 0.333. The second-order valence-corrected chi connectivity index (χ2v) is 6.09. The van der Waals surface area contributed by atoms with Crippen molar-refractivity contribution < 1.29 is 8.78 Å². The van der Waals surface area contributed by atoms with Crippen molar-refractivity contribution in [2.75, 3.05) is 0 Å². The first-order chi connectivity index (χ1) is 9.22. The van der Waals surface area contributed by atoms with Gasteiger partial charge in [-0.2, -0.15) is 0 Å². The normalized spacial score (nSPS) is 13.8. The lowest BCUT2D eigenvalue weighted by Gasteiger charge is -2.04. The van der Waals surface area contributed by atoms with Crippen molar-refractivity contribution in [1.29, 1.82) is 0 Å². The molecule has 0 aliphatic heterocycles. The van der Waals surface area contributed by atoms with Gasteiger partial charge in [0.1, 0.15) is 0 Å². The number of hydrogen-bond donors (Lipinski definition) is 1. The van der Waals surface area contributed by atoms with Crippen LogP contribution in [0.2, 0.25) is 0 Å². The lowest BCUT2D eigenvalue weighted by atomic mass is 10.2. The van der Waals surface area contributed by atoms with E-state index in [1.54, 1.807) is 6.07 Å². The molecule has 0 atom stereocenters. The van der Waals surface area contributed by atoms with Crippen LogP contribution in [0.15, 0.2) is 24.3 Å². The van der Waals surface area contributed by atoms with Crippen molar-refractivity contribution in [3.8, 4) is 0 Å². The van der Waals surface area contributed by atoms with Gasteiger partial charge in [-0.15, -0.1) is 11.3 Å². The van der Waals surface area contributed by atoms with Crippen LogP contribution in [0.5, 0.6) is 0 Å². The van der Waals surface area contributed by atoms with E-state index in [1.807, 2.05) is 11.3 Å². The number of halogens is 2. The fourth-order valence-corrected chi connectivity index (χ4v) is 3.69. The van der Waals surface area contributed by atoms with Crippen molar-refractivity contribution in [3.63, 3.8) is 0 Å². The molecule has 0 fully saturated rings. The molecule has 0 spiro atoms. The summed E-state index contributed by atoms with van der Waals surface area (Å²) in [5.74, 6) is -1.58. The fourth-order valence-electron chi connectivity index (χ4n) is 2.46. The zero-order chi connectivity index (χ0) is 13.2. The summed E-state index contributed by atoms with van der Waals surface area (Å²) in [7, 11) is 0. The summed E-state index contributed by atoms with van der Waals surface area (Å²) in [4.78, 5) is 2.84. The van der Waals surface area contributed by atoms with Crippen LogP contribution in [0.1, 0.15) is 27.3 Å². The molecule has 1 aliphatic rings. The van der Waals surface area contributed by atoms with E-state index in [-0.39, 0.29) is 0 Å². The minimum atomic E-state index is -0.793. The first kappa shape index (κ1) is 12.8. The summed E-state index contributed by atoms with van der Waals surface area (Å²) < 4.78 is 25.8. The lowest BCUT2D eigenvalue weighted by molar-refractivity contribution is 0.506. The molecule has 1 N–H and O–H groups in total. The maximum atomic E-state index is 13.0. The third-order valence-electron chi connectivity index (χ3n) is 3.41. The average Bonchev–Trinajstić information content (AvgIpc) is 2.94. The molecule has 100 valence electrons. The van der Waals surface area contributed by atoms with Gasteiger partial charge in [-0.1, -0.05) is 6.07 Å². The number of rotatable bonds is 4. The van der Waals surface area contributed by atoms with E-state index in [0.717, 1.165) is 12.1 Å². The van der Waals surface area contributed by atoms with Crippen LogP contribution in [-0.2, 0) is 25.9 Å². The third-order valence-corrected chi connectivity index (χ3v) is 4.65. The van der Waals surface area contributed by atoms with Crippen LogP contribution in [0, 0.1) is 11.6 Å². The molecular formula is C15H15F2NS. The van der Waals surface area contributed by atoms with E-state index in [2.05, 4.69) is 11.4 Å². The number of aryl methyl sites for hydroxylation is 2. The molecule has 19 heavy (non-hydrogen) atoms.